The normalized spacial score (nSPS) is 10.8. The van der Waals surface area contributed by atoms with Crippen molar-refractivity contribution in [3.05, 3.63) is 74.9 Å². The molecule has 10 nitrogen and oxygen atoms in total. The van der Waals surface area contributed by atoms with Gasteiger partial charge in [-0.3, -0.25) is 14.4 Å². The SMILES string of the molecule is O=C(NCc1nc(-c2cc[nH]c(=O)c2)no1)c1cc2cccnc2[nH]c1=O. The number of pyridine rings is 3. The Balaban J connectivity index is 1.51. The van der Waals surface area contributed by atoms with Crippen LogP contribution in [-0.2, 0) is 6.54 Å². The van der Waals surface area contributed by atoms with E-state index in [9.17, 15) is 14.4 Å². The van der Waals surface area contributed by atoms with E-state index in [1.807, 2.05) is 0 Å². The van der Waals surface area contributed by atoms with Crippen molar-refractivity contribution in [3.8, 4) is 11.4 Å². The molecule has 0 aliphatic carbocycles. The van der Waals surface area contributed by atoms with Crippen LogP contribution in [0.5, 0.6) is 0 Å². The Labute approximate surface area is 150 Å². The molecule has 10 heteroatoms. The van der Waals surface area contributed by atoms with Gasteiger partial charge >= 0.3 is 0 Å². The number of nitrogens with one attached hydrogen (secondary N) is 3. The zero-order valence-electron chi connectivity index (χ0n) is 13.7. The maximum atomic E-state index is 12.3. The number of hydrogen-bond acceptors (Lipinski definition) is 7. The van der Waals surface area contributed by atoms with Crippen LogP contribution in [0, 0.1) is 0 Å². The highest BCUT2D eigenvalue weighted by molar-refractivity contribution is 5.96. The van der Waals surface area contributed by atoms with Gasteiger partial charge in [0, 0.05) is 29.4 Å². The van der Waals surface area contributed by atoms with Crippen LogP contribution in [0.4, 0.5) is 0 Å². The van der Waals surface area contributed by atoms with Gasteiger partial charge in [-0.15, -0.1) is 0 Å². The van der Waals surface area contributed by atoms with Crippen molar-refractivity contribution < 1.29 is 9.32 Å². The van der Waals surface area contributed by atoms with Crippen molar-refractivity contribution in [2.45, 2.75) is 6.54 Å². The minimum atomic E-state index is -0.585. The fourth-order valence-corrected chi connectivity index (χ4v) is 2.48. The van der Waals surface area contributed by atoms with Crippen molar-refractivity contribution in [1.82, 2.24) is 30.4 Å². The van der Waals surface area contributed by atoms with Gasteiger partial charge in [0.05, 0.1) is 6.54 Å². The van der Waals surface area contributed by atoms with E-state index in [0.29, 0.717) is 16.6 Å². The molecule has 0 bridgehead atoms. The first kappa shape index (κ1) is 16.4. The van der Waals surface area contributed by atoms with Crippen LogP contribution in [0.1, 0.15) is 16.2 Å². The van der Waals surface area contributed by atoms with E-state index >= 15 is 0 Å². The Morgan fingerprint density at radius 1 is 1.22 bits per heavy atom. The lowest BCUT2D eigenvalue weighted by Gasteiger charge is -2.03. The molecule has 3 N–H and O–H groups in total. The number of rotatable bonds is 4. The fourth-order valence-electron chi connectivity index (χ4n) is 2.48. The minimum Gasteiger partial charge on any atom is -0.343 e. The highest BCUT2D eigenvalue weighted by Crippen LogP contribution is 2.13. The third kappa shape index (κ3) is 3.35. The molecule has 0 saturated heterocycles. The summed E-state index contributed by atoms with van der Waals surface area (Å²) < 4.78 is 5.06. The molecular weight excluding hydrogens is 352 g/mol. The number of amides is 1. The Kier molecular flexibility index (Phi) is 4.05. The van der Waals surface area contributed by atoms with Crippen LogP contribution in [-0.4, -0.2) is 31.0 Å². The molecule has 4 rings (SSSR count). The van der Waals surface area contributed by atoms with Gasteiger partial charge < -0.3 is 19.8 Å². The number of H-pyrrole nitrogens is 2. The number of carbonyl (C=O) groups is 1. The molecule has 4 aromatic heterocycles. The molecule has 0 atom stereocenters. The summed E-state index contributed by atoms with van der Waals surface area (Å²) in [5.41, 5.74) is -0.00701. The van der Waals surface area contributed by atoms with Crippen molar-refractivity contribution >= 4 is 16.9 Å². The van der Waals surface area contributed by atoms with Gasteiger partial charge in [0.1, 0.15) is 11.2 Å². The summed E-state index contributed by atoms with van der Waals surface area (Å²) in [6.45, 7) is -0.0699. The van der Waals surface area contributed by atoms with E-state index in [4.69, 9.17) is 4.52 Å². The second-order valence-corrected chi connectivity index (χ2v) is 5.59. The van der Waals surface area contributed by atoms with E-state index in [1.54, 1.807) is 24.4 Å². The predicted molar refractivity (Wildman–Crippen MR) is 93.9 cm³/mol. The first-order chi connectivity index (χ1) is 13.1. The molecule has 4 aromatic rings. The van der Waals surface area contributed by atoms with Gasteiger partial charge in [-0.25, -0.2) is 4.98 Å². The van der Waals surface area contributed by atoms with Crippen molar-refractivity contribution in [3.63, 3.8) is 0 Å². The van der Waals surface area contributed by atoms with Crippen molar-refractivity contribution in [2.24, 2.45) is 0 Å². The van der Waals surface area contributed by atoms with Gasteiger partial charge in [0.15, 0.2) is 0 Å². The summed E-state index contributed by atoms with van der Waals surface area (Å²) in [5.74, 6) is -0.226. The van der Waals surface area contributed by atoms with Gasteiger partial charge in [-0.1, -0.05) is 5.16 Å². The molecule has 0 saturated carbocycles. The summed E-state index contributed by atoms with van der Waals surface area (Å²) in [4.78, 5) is 48.9. The Hall–Kier alpha value is -4.08. The molecule has 0 radical (unpaired) electrons. The highest BCUT2D eigenvalue weighted by Gasteiger charge is 2.14. The first-order valence-electron chi connectivity index (χ1n) is 7.88. The number of nitrogens with zero attached hydrogens (tertiary/aromatic N) is 3. The van der Waals surface area contributed by atoms with Crippen LogP contribution >= 0.6 is 0 Å². The molecule has 0 aromatic carbocycles. The zero-order chi connectivity index (χ0) is 18.8. The van der Waals surface area contributed by atoms with E-state index in [0.717, 1.165) is 0 Å². The second kappa shape index (κ2) is 6.67. The third-order valence-corrected chi connectivity index (χ3v) is 3.76. The molecular formula is C17H12N6O4. The summed E-state index contributed by atoms with van der Waals surface area (Å²) in [6, 6.07) is 7.86. The lowest BCUT2D eigenvalue weighted by molar-refractivity contribution is 0.0945. The standard InChI is InChI=1S/C17H12N6O4/c24-12-7-10(3-5-18-12)15-21-13(27-23-15)8-20-16(25)11-6-9-2-1-4-19-14(9)22-17(11)26/h1-7H,8H2,(H,18,24)(H,20,25)(H,19,22,26). The van der Waals surface area contributed by atoms with Crippen LogP contribution in [0.25, 0.3) is 22.4 Å². The molecule has 4 heterocycles. The van der Waals surface area contributed by atoms with Gasteiger partial charge in [-0.05, 0) is 24.3 Å². The molecule has 0 fully saturated rings. The summed E-state index contributed by atoms with van der Waals surface area (Å²) in [7, 11) is 0. The molecule has 0 aliphatic heterocycles. The first-order valence-corrected chi connectivity index (χ1v) is 7.88. The van der Waals surface area contributed by atoms with Crippen LogP contribution in [0.15, 0.2) is 56.8 Å². The van der Waals surface area contributed by atoms with Gasteiger partial charge in [0.2, 0.25) is 17.3 Å². The quantitative estimate of drug-likeness (QED) is 0.480. The molecule has 134 valence electrons. The van der Waals surface area contributed by atoms with Crippen molar-refractivity contribution in [1.29, 1.82) is 0 Å². The second-order valence-electron chi connectivity index (χ2n) is 5.59. The van der Waals surface area contributed by atoms with Gasteiger partial charge in [0.25, 0.3) is 11.5 Å². The number of hydrogen-bond donors (Lipinski definition) is 3. The number of carbonyl (C=O) groups excluding carboxylic acids is 1. The van der Waals surface area contributed by atoms with E-state index in [-0.39, 0.29) is 29.4 Å². The van der Waals surface area contributed by atoms with E-state index < -0.39 is 11.5 Å². The van der Waals surface area contributed by atoms with Crippen LogP contribution in [0.2, 0.25) is 0 Å². The average molecular weight is 364 g/mol. The monoisotopic (exact) mass is 364 g/mol. The molecule has 27 heavy (non-hydrogen) atoms. The smallest absolute Gasteiger partial charge is 0.262 e. The van der Waals surface area contributed by atoms with E-state index in [1.165, 1.54) is 18.3 Å². The lowest BCUT2D eigenvalue weighted by atomic mass is 10.2. The Morgan fingerprint density at radius 3 is 2.96 bits per heavy atom. The number of aromatic nitrogens is 5. The molecule has 0 spiro atoms. The lowest BCUT2D eigenvalue weighted by Crippen LogP contribution is -2.29. The number of aromatic amines is 2. The zero-order valence-corrected chi connectivity index (χ0v) is 13.7. The number of fused-ring (bicyclic) bond motifs is 1. The average Bonchev–Trinajstić information content (AvgIpc) is 3.14. The molecule has 0 unspecified atom stereocenters. The summed E-state index contributed by atoms with van der Waals surface area (Å²) in [5, 5.41) is 6.96. The highest BCUT2D eigenvalue weighted by atomic mass is 16.5. The fraction of sp³-hybridized carbons (Fsp3) is 0.0588. The van der Waals surface area contributed by atoms with Crippen molar-refractivity contribution in [2.75, 3.05) is 0 Å². The largest absolute Gasteiger partial charge is 0.343 e. The molecule has 1 amide bonds. The van der Waals surface area contributed by atoms with E-state index in [2.05, 4.69) is 30.4 Å². The predicted octanol–water partition coefficient (Wildman–Crippen LogP) is 0.591. The summed E-state index contributed by atoms with van der Waals surface area (Å²) >= 11 is 0. The third-order valence-electron chi connectivity index (χ3n) is 3.76. The van der Waals surface area contributed by atoms with Crippen LogP contribution in [0.3, 0.4) is 0 Å². The maximum Gasteiger partial charge on any atom is 0.262 e. The topological polar surface area (TPSA) is 147 Å². The minimum absolute atomic E-state index is 0.0511. The Morgan fingerprint density at radius 2 is 2.11 bits per heavy atom. The van der Waals surface area contributed by atoms with Gasteiger partial charge in [-0.2, -0.15) is 4.98 Å². The molecule has 0 aliphatic rings. The Bertz CT molecular complexity index is 1260. The summed E-state index contributed by atoms with van der Waals surface area (Å²) in [6.07, 6.45) is 3.02. The maximum absolute atomic E-state index is 12.3. The van der Waals surface area contributed by atoms with Crippen LogP contribution < -0.4 is 16.4 Å².